The van der Waals surface area contributed by atoms with Crippen LogP contribution in [0.4, 0.5) is 5.82 Å². The Balaban J connectivity index is 1.39. The third kappa shape index (κ3) is 4.23. The molecule has 0 radical (unpaired) electrons. The molecule has 0 spiro atoms. The van der Waals surface area contributed by atoms with Crippen molar-refractivity contribution in [3.05, 3.63) is 35.9 Å². The molecule has 8 heteroatoms. The van der Waals surface area contributed by atoms with E-state index < -0.39 is 9.84 Å². The summed E-state index contributed by atoms with van der Waals surface area (Å²) in [6.45, 7) is 3.53. The maximum Gasteiger partial charge on any atom is 0.228 e. The van der Waals surface area contributed by atoms with Crippen LogP contribution in [-0.2, 0) is 21.7 Å². The van der Waals surface area contributed by atoms with Crippen molar-refractivity contribution in [2.75, 3.05) is 29.9 Å². The molecule has 1 unspecified atom stereocenters. The van der Waals surface area contributed by atoms with Gasteiger partial charge in [0.25, 0.3) is 0 Å². The molecule has 29 heavy (non-hydrogen) atoms. The molecule has 2 aromatic rings. The molecule has 2 saturated heterocycles. The normalized spacial score (nSPS) is 22.6. The minimum atomic E-state index is -2.88. The Morgan fingerprint density at radius 1 is 1.14 bits per heavy atom. The fourth-order valence-electron chi connectivity index (χ4n) is 4.48. The summed E-state index contributed by atoms with van der Waals surface area (Å²) in [6.07, 6.45) is 2.23. The minimum Gasteiger partial charge on any atom is -0.310 e. The lowest BCUT2D eigenvalue weighted by molar-refractivity contribution is -0.121. The van der Waals surface area contributed by atoms with E-state index in [2.05, 4.69) is 15.3 Å². The molecule has 1 N–H and O–H groups in total. The van der Waals surface area contributed by atoms with E-state index in [9.17, 15) is 13.2 Å². The average molecular weight is 417 g/mol. The predicted molar refractivity (Wildman–Crippen MR) is 113 cm³/mol. The predicted octanol–water partition coefficient (Wildman–Crippen LogP) is 2.23. The van der Waals surface area contributed by atoms with Gasteiger partial charge in [-0.1, -0.05) is 30.3 Å². The smallest absolute Gasteiger partial charge is 0.228 e. The Morgan fingerprint density at radius 2 is 1.83 bits per heavy atom. The van der Waals surface area contributed by atoms with E-state index in [0.29, 0.717) is 5.75 Å². The summed E-state index contributed by atoms with van der Waals surface area (Å²) in [5.41, 5.74) is 2.86. The van der Waals surface area contributed by atoms with Gasteiger partial charge in [0.05, 0.1) is 17.2 Å². The molecule has 1 aromatic carbocycles. The van der Waals surface area contributed by atoms with E-state index in [0.717, 1.165) is 55.0 Å². The summed E-state index contributed by atoms with van der Waals surface area (Å²) in [7, 11) is -1.03. The zero-order valence-electron chi connectivity index (χ0n) is 17.0. The maximum absolute atomic E-state index is 12.9. The topological polar surface area (TPSA) is 84.3 Å². The van der Waals surface area contributed by atoms with E-state index in [1.807, 2.05) is 44.3 Å². The zero-order chi connectivity index (χ0) is 20.6. The number of nitrogens with one attached hydrogen (secondary N) is 1. The molecule has 1 aromatic heterocycles. The highest BCUT2D eigenvalue weighted by atomic mass is 32.2. The summed E-state index contributed by atoms with van der Waals surface area (Å²) in [5, 5.41) is 7.68. The van der Waals surface area contributed by atoms with Crippen molar-refractivity contribution in [1.82, 2.24) is 14.7 Å². The van der Waals surface area contributed by atoms with Crippen molar-refractivity contribution in [2.45, 2.75) is 32.2 Å². The molecule has 0 aliphatic carbocycles. The van der Waals surface area contributed by atoms with E-state index in [4.69, 9.17) is 0 Å². The van der Waals surface area contributed by atoms with Crippen molar-refractivity contribution in [1.29, 1.82) is 0 Å². The Labute approximate surface area is 172 Å². The van der Waals surface area contributed by atoms with Crippen LogP contribution in [0.3, 0.4) is 0 Å². The highest BCUT2D eigenvalue weighted by Gasteiger charge is 2.35. The maximum atomic E-state index is 12.9. The molecular formula is C21H28N4O3S. The van der Waals surface area contributed by atoms with Crippen molar-refractivity contribution in [3.63, 3.8) is 0 Å². The number of nitrogens with zero attached hydrogens (tertiary/aromatic N) is 3. The number of aryl methyl sites for hydroxylation is 1. The number of piperidine rings is 1. The summed E-state index contributed by atoms with van der Waals surface area (Å²) >= 11 is 0. The van der Waals surface area contributed by atoms with Gasteiger partial charge in [-0.3, -0.25) is 14.4 Å². The number of rotatable bonds is 4. The molecule has 156 valence electrons. The first-order valence-corrected chi connectivity index (χ1v) is 12.0. The number of amides is 1. The molecule has 4 rings (SSSR count). The third-order valence-corrected chi connectivity index (χ3v) is 7.95. The number of hydrogen-bond donors (Lipinski definition) is 1. The largest absolute Gasteiger partial charge is 0.310 e. The molecule has 3 heterocycles. The first-order chi connectivity index (χ1) is 13.8. The summed E-state index contributed by atoms with van der Waals surface area (Å²) in [6, 6.07) is 10.1. The van der Waals surface area contributed by atoms with Gasteiger partial charge in [-0.15, -0.1) is 0 Å². The Kier molecular flexibility index (Phi) is 5.48. The van der Waals surface area contributed by atoms with Crippen LogP contribution < -0.4 is 5.32 Å². The van der Waals surface area contributed by atoms with Gasteiger partial charge in [-0.05, 0) is 39.3 Å². The summed E-state index contributed by atoms with van der Waals surface area (Å²) in [4.78, 5) is 15.1. The second kappa shape index (κ2) is 7.91. The van der Waals surface area contributed by atoms with Crippen LogP contribution in [0.25, 0.3) is 11.3 Å². The highest BCUT2D eigenvalue weighted by Crippen LogP contribution is 2.29. The lowest BCUT2D eigenvalue weighted by Gasteiger charge is -2.34. The van der Waals surface area contributed by atoms with Crippen LogP contribution in [-0.4, -0.2) is 59.6 Å². The van der Waals surface area contributed by atoms with E-state index >= 15 is 0 Å². The molecule has 1 atom stereocenters. The average Bonchev–Trinajstić information content (AvgIpc) is 3.22. The van der Waals surface area contributed by atoms with Crippen LogP contribution in [0.1, 0.15) is 24.8 Å². The first kappa shape index (κ1) is 20.1. The lowest BCUT2D eigenvalue weighted by Crippen LogP contribution is -2.44. The van der Waals surface area contributed by atoms with Crippen molar-refractivity contribution in [3.8, 4) is 11.3 Å². The number of hydrogen-bond acceptors (Lipinski definition) is 5. The van der Waals surface area contributed by atoms with Gasteiger partial charge in [0.2, 0.25) is 5.91 Å². The van der Waals surface area contributed by atoms with E-state index in [1.165, 1.54) is 0 Å². The number of anilines is 1. The fourth-order valence-corrected chi connectivity index (χ4v) is 6.25. The first-order valence-electron chi connectivity index (χ1n) is 10.2. The van der Waals surface area contributed by atoms with Crippen LogP contribution in [0.2, 0.25) is 0 Å². The van der Waals surface area contributed by atoms with Crippen molar-refractivity contribution < 1.29 is 13.2 Å². The number of likely N-dealkylation sites (tertiary alicyclic amines) is 1. The fraction of sp³-hybridized carbons (Fsp3) is 0.524. The Morgan fingerprint density at radius 3 is 2.45 bits per heavy atom. The van der Waals surface area contributed by atoms with Crippen LogP contribution in [0.15, 0.2) is 30.3 Å². The monoisotopic (exact) mass is 416 g/mol. The van der Waals surface area contributed by atoms with Gasteiger partial charge in [0.1, 0.15) is 5.82 Å². The van der Waals surface area contributed by atoms with E-state index in [-0.39, 0.29) is 23.6 Å². The molecule has 0 bridgehead atoms. The molecule has 1 amide bonds. The second-order valence-electron chi connectivity index (χ2n) is 8.17. The van der Waals surface area contributed by atoms with Gasteiger partial charge in [0, 0.05) is 30.1 Å². The molecular weight excluding hydrogens is 388 g/mol. The number of carbonyl (C=O) groups is 1. The Hall–Kier alpha value is -2.19. The molecule has 2 fully saturated rings. The molecule has 7 nitrogen and oxygen atoms in total. The quantitative estimate of drug-likeness (QED) is 0.826. The van der Waals surface area contributed by atoms with Gasteiger partial charge < -0.3 is 5.32 Å². The van der Waals surface area contributed by atoms with Crippen LogP contribution in [0, 0.1) is 12.8 Å². The van der Waals surface area contributed by atoms with Gasteiger partial charge in [0.15, 0.2) is 9.84 Å². The molecule has 2 aliphatic heterocycles. The molecule has 0 saturated carbocycles. The van der Waals surface area contributed by atoms with Gasteiger partial charge >= 0.3 is 0 Å². The SMILES string of the molecule is Cc1c(-c2ccccc2)nn(C)c1NC(=O)C1CCN(C2CCS(=O)(=O)C2)CC1. The zero-order valence-corrected chi connectivity index (χ0v) is 17.8. The number of sulfone groups is 1. The summed E-state index contributed by atoms with van der Waals surface area (Å²) < 4.78 is 25.2. The third-order valence-electron chi connectivity index (χ3n) is 6.20. The van der Waals surface area contributed by atoms with Crippen LogP contribution in [0.5, 0.6) is 0 Å². The van der Waals surface area contributed by atoms with Crippen molar-refractivity contribution >= 4 is 21.6 Å². The Bertz CT molecular complexity index is 992. The second-order valence-corrected chi connectivity index (χ2v) is 10.4. The van der Waals surface area contributed by atoms with Crippen LogP contribution >= 0.6 is 0 Å². The van der Waals surface area contributed by atoms with Crippen molar-refractivity contribution in [2.24, 2.45) is 13.0 Å². The standard InChI is InChI=1S/C21H28N4O3S/c1-15-19(16-6-4-3-5-7-16)23-24(2)20(15)22-21(26)17-8-11-25(12-9-17)18-10-13-29(27,28)14-18/h3-7,17-18H,8-14H2,1-2H3,(H,22,26). The lowest BCUT2D eigenvalue weighted by atomic mass is 9.94. The number of carbonyl (C=O) groups excluding carboxylic acids is 1. The highest BCUT2D eigenvalue weighted by molar-refractivity contribution is 7.91. The van der Waals surface area contributed by atoms with Gasteiger partial charge in [-0.2, -0.15) is 5.10 Å². The van der Waals surface area contributed by atoms with E-state index in [1.54, 1.807) is 4.68 Å². The van der Waals surface area contributed by atoms with Gasteiger partial charge in [-0.25, -0.2) is 8.42 Å². The molecule has 2 aliphatic rings. The number of aromatic nitrogens is 2. The number of benzene rings is 1. The summed E-state index contributed by atoms with van der Waals surface area (Å²) in [5.74, 6) is 1.26. The minimum absolute atomic E-state index is 0.0226.